The first-order valence-electron chi connectivity index (χ1n) is 4.47. The second-order valence-electron chi connectivity index (χ2n) is 3.39. The number of hydrogen-bond donors (Lipinski definition) is 1. The van der Waals surface area contributed by atoms with Crippen LogP contribution in [0.2, 0.25) is 0 Å². The zero-order chi connectivity index (χ0) is 9.26. The molecule has 3 nitrogen and oxygen atoms in total. The van der Waals surface area contributed by atoms with E-state index in [2.05, 4.69) is 4.98 Å². The fourth-order valence-electron chi connectivity index (χ4n) is 1.56. The lowest BCUT2D eigenvalue weighted by Crippen LogP contribution is -1.94. The fraction of sp³-hybridized carbons (Fsp3) is 0.500. The molecule has 0 saturated heterocycles. The smallest absolute Gasteiger partial charge is 0.213 e. The standard InChI is InChI=1S/C10H13NO2/c1-13-10-4-2-3-9(11-10)8-5-7(8)6-12/h2-4,7-8,12H,5-6H2,1H3. The van der Waals surface area contributed by atoms with Crippen LogP contribution in [0.15, 0.2) is 18.2 Å². The molecule has 13 heavy (non-hydrogen) atoms. The minimum atomic E-state index is 0.267. The van der Waals surface area contributed by atoms with Crippen molar-refractivity contribution in [2.45, 2.75) is 12.3 Å². The summed E-state index contributed by atoms with van der Waals surface area (Å²) in [4.78, 5) is 4.32. The molecular formula is C10H13NO2. The van der Waals surface area contributed by atoms with Gasteiger partial charge in [-0.25, -0.2) is 4.98 Å². The predicted molar refractivity (Wildman–Crippen MR) is 48.7 cm³/mol. The molecule has 70 valence electrons. The molecule has 1 N–H and O–H groups in total. The molecule has 2 unspecified atom stereocenters. The van der Waals surface area contributed by atoms with E-state index in [1.807, 2.05) is 18.2 Å². The van der Waals surface area contributed by atoms with Crippen molar-refractivity contribution in [1.29, 1.82) is 0 Å². The van der Waals surface area contributed by atoms with Gasteiger partial charge in [-0.05, 0) is 18.4 Å². The van der Waals surface area contributed by atoms with E-state index >= 15 is 0 Å². The molecule has 1 saturated carbocycles. The highest BCUT2D eigenvalue weighted by molar-refractivity contribution is 5.23. The number of hydrogen-bond acceptors (Lipinski definition) is 3. The van der Waals surface area contributed by atoms with Gasteiger partial charge in [-0.1, -0.05) is 6.07 Å². The summed E-state index contributed by atoms with van der Waals surface area (Å²) in [6.45, 7) is 0.267. The molecule has 0 amide bonds. The number of pyridine rings is 1. The second-order valence-corrected chi connectivity index (χ2v) is 3.39. The highest BCUT2D eigenvalue weighted by atomic mass is 16.5. The summed E-state index contributed by atoms with van der Waals surface area (Å²) in [5, 5.41) is 8.91. The summed E-state index contributed by atoms with van der Waals surface area (Å²) in [7, 11) is 1.61. The van der Waals surface area contributed by atoms with E-state index in [9.17, 15) is 0 Å². The summed E-state index contributed by atoms with van der Waals surface area (Å²) >= 11 is 0. The molecule has 2 rings (SSSR count). The molecule has 0 spiro atoms. The molecule has 0 radical (unpaired) electrons. The molecule has 0 bridgehead atoms. The first-order chi connectivity index (χ1) is 6.35. The lowest BCUT2D eigenvalue weighted by Gasteiger charge is -2.01. The van der Waals surface area contributed by atoms with Gasteiger partial charge in [0.15, 0.2) is 0 Å². The third kappa shape index (κ3) is 1.65. The molecular weight excluding hydrogens is 166 g/mol. The van der Waals surface area contributed by atoms with Gasteiger partial charge in [0.1, 0.15) is 0 Å². The minimum absolute atomic E-state index is 0.267. The van der Waals surface area contributed by atoms with E-state index in [1.165, 1.54) is 0 Å². The van der Waals surface area contributed by atoms with Crippen LogP contribution in [0.1, 0.15) is 18.0 Å². The van der Waals surface area contributed by atoms with E-state index in [4.69, 9.17) is 9.84 Å². The Bertz CT molecular complexity index is 301. The number of rotatable bonds is 3. The largest absolute Gasteiger partial charge is 0.481 e. The van der Waals surface area contributed by atoms with Crippen LogP contribution in [-0.2, 0) is 0 Å². The van der Waals surface area contributed by atoms with Crippen LogP contribution in [0, 0.1) is 5.92 Å². The Kier molecular flexibility index (Phi) is 2.19. The van der Waals surface area contributed by atoms with E-state index in [1.54, 1.807) is 7.11 Å². The molecule has 0 aliphatic heterocycles. The van der Waals surface area contributed by atoms with Crippen molar-refractivity contribution in [3.8, 4) is 5.88 Å². The SMILES string of the molecule is COc1cccc(C2CC2CO)n1. The van der Waals surface area contributed by atoms with Gasteiger partial charge in [0.05, 0.1) is 7.11 Å². The van der Waals surface area contributed by atoms with Crippen molar-refractivity contribution in [2.75, 3.05) is 13.7 Å². The lowest BCUT2D eigenvalue weighted by atomic mass is 10.2. The van der Waals surface area contributed by atoms with Crippen LogP contribution >= 0.6 is 0 Å². The number of aromatic nitrogens is 1. The van der Waals surface area contributed by atoms with Gasteiger partial charge in [0, 0.05) is 24.3 Å². The Morgan fingerprint density at radius 2 is 2.46 bits per heavy atom. The summed E-state index contributed by atoms with van der Waals surface area (Å²) < 4.78 is 5.03. The molecule has 2 atom stereocenters. The molecule has 1 aromatic heterocycles. The summed E-state index contributed by atoms with van der Waals surface area (Å²) in [5.74, 6) is 1.51. The normalized spacial score (nSPS) is 25.7. The monoisotopic (exact) mass is 179 g/mol. The Morgan fingerprint density at radius 3 is 3.08 bits per heavy atom. The highest BCUT2D eigenvalue weighted by Crippen LogP contribution is 2.46. The first kappa shape index (κ1) is 8.51. The molecule has 3 heteroatoms. The fourth-order valence-corrected chi connectivity index (χ4v) is 1.56. The maximum atomic E-state index is 8.91. The molecule has 1 aliphatic rings. The average molecular weight is 179 g/mol. The minimum Gasteiger partial charge on any atom is -0.481 e. The third-order valence-electron chi connectivity index (χ3n) is 2.49. The number of ether oxygens (including phenoxy) is 1. The summed E-state index contributed by atoms with van der Waals surface area (Å²) in [5.41, 5.74) is 1.04. The zero-order valence-corrected chi connectivity index (χ0v) is 7.60. The number of nitrogens with zero attached hydrogens (tertiary/aromatic N) is 1. The Hall–Kier alpha value is -1.09. The van der Waals surface area contributed by atoms with Gasteiger partial charge >= 0.3 is 0 Å². The van der Waals surface area contributed by atoms with Gasteiger partial charge in [-0.2, -0.15) is 0 Å². The molecule has 1 aromatic rings. The maximum absolute atomic E-state index is 8.91. The van der Waals surface area contributed by atoms with Gasteiger partial charge in [0.2, 0.25) is 5.88 Å². The number of aliphatic hydroxyl groups is 1. The Balaban J connectivity index is 2.13. The van der Waals surface area contributed by atoms with E-state index < -0.39 is 0 Å². The second kappa shape index (κ2) is 3.34. The van der Waals surface area contributed by atoms with Crippen molar-refractivity contribution in [3.05, 3.63) is 23.9 Å². The van der Waals surface area contributed by atoms with Crippen LogP contribution in [-0.4, -0.2) is 23.8 Å². The molecule has 0 aromatic carbocycles. The summed E-state index contributed by atoms with van der Waals surface area (Å²) in [6.07, 6.45) is 1.05. The van der Waals surface area contributed by atoms with Crippen molar-refractivity contribution in [2.24, 2.45) is 5.92 Å². The third-order valence-corrected chi connectivity index (χ3v) is 2.49. The van der Waals surface area contributed by atoms with Gasteiger partial charge < -0.3 is 9.84 Å². The van der Waals surface area contributed by atoms with Crippen LogP contribution in [0.3, 0.4) is 0 Å². The predicted octanol–water partition coefficient (Wildman–Crippen LogP) is 1.19. The van der Waals surface area contributed by atoms with E-state index in [0.29, 0.717) is 17.7 Å². The molecule has 1 heterocycles. The van der Waals surface area contributed by atoms with E-state index in [-0.39, 0.29) is 6.61 Å². The molecule has 1 aliphatic carbocycles. The quantitative estimate of drug-likeness (QED) is 0.757. The number of aliphatic hydroxyl groups excluding tert-OH is 1. The van der Waals surface area contributed by atoms with Crippen LogP contribution in [0.5, 0.6) is 5.88 Å². The van der Waals surface area contributed by atoms with Crippen LogP contribution in [0.25, 0.3) is 0 Å². The van der Waals surface area contributed by atoms with Gasteiger partial charge in [-0.3, -0.25) is 0 Å². The average Bonchev–Trinajstić information content (AvgIpc) is 2.97. The topological polar surface area (TPSA) is 42.4 Å². The maximum Gasteiger partial charge on any atom is 0.213 e. The van der Waals surface area contributed by atoms with Crippen molar-refractivity contribution >= 4 is 0 Å². The number of methoxy groups -OCH3 is 1. The first-order valence-corrected chi connectivity index (χ1v) is 4.47. The lowest BCUT2D eigenvalue weighted by molar-refractivity contribution is 0.273. The van der Waals surface area contributed by atoms with Gasteiger partial charge in [0.25, 0.3) is 0 Å². The Morgan fingerprint density at radius 1 is 1.62 bits per heavy atom. The van der Waals surface area contributed by atoms with Crippen LogP contribution in [0.4, 0.5) is 0 Å². The van der Waals surface area contributed by atoms with Crippen molar-refractivity contribution in [3.63, 3.8) is 0 Å². The van der Waals surface area contributed by atoms with Crippen molar-refractivity contribution < 1.29 is 9.84 Å². The van der Waals surface area contributed by atoms with Gasteiger partial charge in [-0.15, -0.1) is 0 Å². The summed E-state index contributed by atoms with van der Waals surface area (Å²) in [6, 6.07) is 5.76. The molecule has 1 fully saturated rings. The van der Waals surface area contributed by atoms with E-state index in [0.717, 1.165) is 12.1 Å². The highest BCUT2D eigenvalue weighted by Gasteiger charge is 2.38. The van der Waals surface area contributed by atoms with Crippen molar-refractivity contribution in [1.82, 2.24) is 4.98 Å². The van der Waals surface area contributed by atoms with Crippen LogP contribution < -0.4 is 4.74 Å². The Labute approximate surface area is 77.4 Å². The zero-order valence-electron chi connectivity index (χ0n) is 7.60.